The van der Waals surface area contributed by atoms with Crippen LogP contribution in [0.5, 0.6) is 0 Å². The van der Waals surface area contributed by atoms with Crippen LogP contribution in [0.2, 0.25) is 0 Å². The van der Waals surface area contributed by atoms with E-state index in [0.29, 0.717) is 5.76 Å². The summed E-state index contributed by atoms with van der Waals surface area (Å²) in [5.74, 6) is 0.598. The van der Waals surface area contributed by atoms with Crippen molar-refractivity contribution in [3.05, 3.63) is 36.6 Å². The first-order valence-corrected chi connectivity index (χ1v) is 3.77. The average Bonchev–Trinajstić information content (AvgIpc) is 1.97. The predicted molar refractivity (Wildman–Crippen MR) is 52.7 cm³/mol. The summed E-state index contributed by atoms with van der Waals surface area (Å²) in [4.78, 5) is 0. The number of hydrogen-bond acceptors (Lipinski definition) is 2. The second-order valence-electron chi connectivity index (χ2n) is 3.25. The van der Waals surface area contributed by atoms with Crippen LogP contribution in [0.15, 0.2) is 36.6 Å². The Balaban J connectivity index is 4.19. The van der Waals surface area contributed by atoms with Gasteiger partial charge >= 0.3 is 0 Å². The Morgan fingerprint density at radius 1 is 1.33 bits per heavy atom. The minimum Gasteiger partial charge on any atom is -0.497 e. The zero-order chi connectivity index (χ0) is 9.78. The first-order chi connectivity index (χ1) is 5.38. The first-order valence-electron chi connectivity index (χ1n) is 3.77. The molecule has 2 N–H and O–H groups in total. The van der Waals surface area contributed by atoms with Crippen molar-refractivity contribution < 1.29 is 4.74 Å². The summed E-state index contributed by atoms with van der Waals surface area (Å²) in [6.07, 6.45) is 3.56. The average molecular weight is 167 g/mol. The molecule has 0 aliphatic carbocycles. The fraction of sp³-hybridized carbons (Fsp3) is 0.400. The molecular weight excluding hydrogens is 150 g/mol. The van der Waals surface area contributed by atoms with Crippen LogP contribution in [0.4, 0.5) is 0 Å². The molecule has 0 saturated carbocycles. The number of allylic oxidation sites excluding steroid dienone is 1. The van der Waals surface area contributed by atoms with Crippen LogP contribution in [0.3, 0.4) is 0 Å². The highest BCUT2D eigenvalue weighted by Crippen LogP contribution is 2.11. The third-order valence-corrected chi connectivity index (χ3v) is 1.56. The van der Waals surface area contributed by atoms with E-state index >= 15 is 0 Å². The molecule has 2 nitrogen and oxygen atoms in total. The van der Waals surface area contributed by atoms with E-state index in [-0.39, 0.29) is 5.54 Å². The third kappa shape index (κ3) is 3.98. The van der Waals surface area contributed by atoms with Gasteiger partial charge in [-0.2, -0.15) is 0 Å². The normalized spacial score (nSPS) is 11.7. The zero-order valence-corrected chi connectivity index (χ0v) is 8.05. The molecule has 0 atom stereocenters. The quantitative estimate of drug-likeness (QED) is 0.513. The molecule has 0 heterocycles. The number of hydrogen-bond donors (Lipinski definition) is 1. The monoisotopic (exact) mass is 167 g/mol. The zero-order valence-electron chi connectivity index (χ0n) is 8.05. The molecule has 0 aromatic carbocycles. The summed E-state index contributed by atoms with van der Waals surface area (Å²) in [5.41, 5.74) is 6.25. The van der Waals surface area contributed by atoms with Gasteiger partial charge in [0.1, 0.15) is 5.76 Å². The Morgan fingerprint density at radius 2 is 1.83 bits per heavy atom. The highest BCUT2D eigenvalue weighted by Gasteiger charge is 2.11. The maximum Gasteiger partial charge on any atom is 0.111 e. The van der Waals surface area contributed by atoms with Crippen LogP contribution in [-0.2, 0) is 4.74 Å². The predicted octanol–water partition coefficient (Wildman–Crippen LogP) is 2.00. The summed E-state index contributed by atoms with van der Waals surface area (Å²) in [6, 6.07) is 0. The number of nitrogens with two attached hydrogens (primary N) is 1. The summed E-state index contributed by atoms with van der Waals surface area (Å²) in [6.45, 7) is 11.3. The lowest BCUT2D eigenvalue weighted by Gasteiger charge is -2.18. The second kappa shape index (κ2) is 4.12. The van der Waals surface area contributed by atoms with Gasteiger partial charge in [-0.1, -0.05) is 19.2 Å². The molecule has 2 heteroatoms. The molecule has 0 amide bonds. The lowest BCUT2D eigenvalue weighted by atomic mass is 9.96. The summed E-state index contributed by atoms with van der Waals surface area (Å²) >= 11 is 0. The van der Waals surface area contributed by atoms with Crippen LogP contribution >= 0.6 is 0 Å². The molecule has 0 spiro atoms. The van der Waals surface area contributed by atoms with Crippen LogP contribution < -0.4 is 5.73 Å². The highest BCUT2D eigenvalue weighted by atomic mass is 16.5. The first kappa shape index (κ1) is 11.0. The van der Waals surface area contributed by atoms with E-state index in [4.69, 9.17) is 10.5 Å². The molecular formula is C10H17NO. The summed E-state index contributed by atoms with van der Waals surface area (Å²) in [5, 5.41) is 0. The van der Waals surface area contributed by atoms with E-state index in [1.54, 1.807) is 13.2 Å². The van der Waals surface area contributed by atoms with Crippen molar-refractivity contribution in [2.24, 2.45) is 5.73 Å². The molecule has 0 rings (SSSR count). The van der Waals surface area contributed by atoms with Crippen molar-refractivity contribution in [1.29, 1.82) is 0 Å². The van der Waals surface area contributed by atoms with Gasteiger partial charge in [0.15, 0.2) is 0 Å². The van der Waals surface area contributed by atoms with Crippen molar-refractivity contribution in [2.75, 3.05) is 7.11 Å². The SMILES string of the molecule is C=C(C=CC(=C)C(C)(C)N)OC. The fourth-order valence-electron chi connectivity index (χ4n) is 0.476. The lowest BCUT2D eigenvalue weighted by molar-refractivity contribution is 0.308. The van der Waals surface area contributed by atoms with Crippen molar-refractivity contribution in [2.45, 2.75) is 19.4 Å². The Bertz CT molecular complexity index is 208. The van der Waals surface area contributed by atoms with Crippen LogP contribution in [0, 0.1) is 0 Å². The Hall–Kier alpha value is -1.02. The van der Waals surface area contributed by atoms with E-state index in [9.17, 15) is 0 Å². The number of rotatable bonds is 4. The molecule has 12 heavy (non-hydrogen) atoms. The largest absolute Gasteiger partial charge is 0.497 e. The van der Waals surface area contributed by atoms with Gasteiger partial charge in [-0.15, -0.1) is 0 Å². The van der Waals surface area contributed by atoms with Gasteiger partial charge in [-0.3, -0.25) is 0 Å². The van der Waals surface area contributed by atoms with Crippen LogP contribution in [-0.4, -0.2) is 12.6 Å². The second-order valence-corrected chi connectivity index (χ2v) is 3.25. The Labute approximate surface area is 74.4 Å². The van der Waals surface area contributed by atoms with Crippen molar-refractivity contribution in [3.63, 3.8) is 0 Å². The van der Waals surface area contributed by atoms with Gasteiger partial charge in [0, 0.05) is 5.54 Å². The molecule has 0 aliphatic rings. The lowest BCUT2D eigenvalue weighted by Crippen LogP contribution is -2.32. The van der Waals surface area contributed by atoms with E-state index in [2.05, 4.69) is 13.2 Å². The Morgan fingerprint density at radius 3 is 2.17 bits per heavy atom. The third-order valence-electron chi connectivity index (χ3n) is 1.56. The fourth-order valence-corrected chi connectivity index (χ4v) is 0.476. The highest BCUT2D eigenvalue weighted by molar-refractivity contribution is 5.28. The molecule has 0 radical (unpaired) electrons. The van der Waals surface area contributed by atoms with Gasteiger partial charge in [0.2, 0.25) is 0 Å². The van der Waals surface area contributed by atoms with Gasteiger partial charge in [0.25, 0.3) is 0 Å². The molecule has 0 bridgehead atoms. The number of methoxy groups -OCH3 is 1. The van der Waals surface area contributed by atoms with E-state index in [1.165, 1.54) is 0 Å². The molecule has 0 aliphatic heterocycles. The van der Waals surface area contributed by atoms with Crippen molar-refractivity contribution in [3.8, 4) is 0 Å². The van der Waals surface area contributed by atoms with Gasteiger partial charge in [-0.05, 0) is 25.5 Å². The summed E-state index contributed by atoms with van der Waals surface area (Å²) < 4.78 is 4.85. The van der Waals surface area contributed by atoms with Crippen molar-refractivity contribution >= 4 is 0 Å². The topological polar surface area (TPSA) is 35.2 Å². The number of ether oxygens (including phenoxy) is 1. The van der Waals surface area contributed by atoms with Crippen LogP contribution in [0.25, 0.3) is 0 Å². The van der Waals surface area contributed by atoms with Crippen LogP contribution in [0.1, 0.15) is 13.8 Å². The molecule has 0 fully saturated rings. The molecule has 0 aromatic rings. The standard InChI is InChI=1S/C10H17NO/c1-8(10(3,4)11)6-7-9(2)12-5/h6-7H,1-2,11H2,3-5H3. The summed E-state index contributed by atoms with van der Waals surface area (Å²) in [7, 11) is 1.57. The molecule has 0 saturated heterocycles. The van der Waals surface area contributed by atoms with Gasteiger partial charge in [-0.25, -0.2) is 0 Å². The molecule has 68 valence electrons. The van der Waals surface area contributed by atoms with E-state index < -0.39 is 0 Å². The Kier molecular flexibility index (Phi) is 3.77. The minimum atomic E-state index is -0.384. The van der Waals surface area contributed by atoms with Gasteiger partial charge in [0.05, 0.1) is 7.11 Å². The van der Waals surface area contributed by atoms with Crippen molar-refractivity contribution in [1.82, 2.24) is 0 Å². The minimum absolute atomic E-state index is 0.384. The smallest absolute Gasteiger partial charge is 0.111 e. The maximum absolute atomic E-state index is 5.79. The molecule has 0 aromatic heterocycles. The van der Waals surface area contributed by atoms with Gasteiger partial charge < -0.3 is 10.5 Å². The van der Waals surface area contributed by atoms with E-state index in [1.807, 2.05) is 19.9 Å². The maximum atomic E-state index is 5.79. The molecule has 0 unspecified atom stereocenters. The van der Waals surface area contributed by atoms with E-state index in [0.717, 1.165) is 5.57 Å².